The minimum Gasteiger partial charge on any atom is -0.481 e. The highest BCUT2D eigenvalue weighted by atomic mass is 32.2. The first-order valence-corrected chi connectivity index (χ1v) is 9.07. The van der Waals surface area contributed by atoms with Crippen LogP contribution >= 0.6 is 11.8 Å². The molecule has 0 spiro atoms. The maximum absolute atomic E-state index is 12.8. The first kappa shape index (κ1) is 15.6. The molecular formula is C15H22N2O4S. The molecule has 3 rings (SSSR count). The van der Waals surface area contributed by atoms with Crippen molar-refractivity contribution < 1.29 is 19.5 Å². The number of carbonyl (C=O) groups is 3. The van der Waals surface area contributed by atoms with Gasteiger partial charge in [-0.2, -0.15) is 0 Å². The van der Waals surface area contributed by atoms with Crippen molar-refractivity contribution in [3.05, 3.63) is 0 Å². The van der Waals surface area contributed by atoms with Gasteiger partial charge in [0.15, 0.2) is 0 Å². The van der Waals surface area contributed by atoms with E-state index in [0.29, 0.717) is 37.1 Å². The molecule has 0 aromatic carbocycles. The van der Waals surface area contributed by atoms with Crippen molar-refractivity contribution >= 4 is 29.5 Å². The van der Waals surface area contributed by atoms with Crippen LogP contribution in [-0.2, 0) is 14.4 Å². The predicted molar refractivity (Wildman–Crippen MR) is 82.2 cm³/mol. The molecule has 22 heavy (non-hydrogen) atoms. The number of carboxylic acid groups (broad SMARTS) is 1. The van der Waals surface area contributed by atoms with Gasteiger partial charge in [-0.05, 0) is 24.7 Å². The van der Waals surface area contributed by atoms with Gasteiger partial charge in [0.1, 0.15) is 6.04 Å². The number of hydrogen-bond donors (Lipinski definition) is 1. The molecule has 1 aliphatic carbocycles. The van der Waals surface area contributed by atoms with E-state index in [1.165, 1.54) is 0 Å². The van der Waals surface area contributed by atoms with E-state index in [2.05, 4.69) is 0 Å². The van der Waals surface area contributed by atoms with Gasteiger partial charge >= 0.3 is 5.97 Å². The fourth-order valence-corrected chi connectivity index (χ4v) is 4.75. The number of hydrogen-bond acceptors (Lipinski definition) is 4. The van der Waals surface area contributed by atoms with Crippen molar-refractivity contribution in [2.24, 2.45) is 17.8 Å². The summed E-state index contributed by atoms with van der Waals surface area (Å²) in [5.74, 6) is 0.418. The SMILES string of the molecule is CCC(=O)N1CSCC1C(=O)N1C[C@H](C(=O)O)[C@@H](C2CC2)C1. The third-order valence-electron chi connectivity index (χ3n) is 5.01. The Morgan fingerprint density at radius 1 is 1.23 bits per heavy atom. The van der Waals surface area contributed by atoms with E-state index in [1.54, 1.807) is 28.5 Å². The van der Waals surface area contributed by atoms with Crippen LogP contribution in [0.4, 0.5) is 0 Å². The molecule has 3 atom stereocenters. The summed E-state index contributed by atoms with van der Waals surface area (Å²) >= 11 is 1.59. The zero-order chi connectivity index (χ0) is 15.9. The quantitative estimate of drug-likeness (QED) is 0.829. The van der Waals surface area contributed by atoms with Crippen LogP contribution in [0.5, 0.6) is 0 Å². The van der Waals surface area contributed by atoms with Gasteiger partial charge in [-0.1, -0.05) is 6.92 Å². The number of aliphatic carboxylic acids is 1. The summed E-state index contributed by atoms with van der Waals surface area (Å²) < 4.78 is 0. The number of carboxylic acids is 1. The Labute approximate surface area is 134 Å². The van der Waals surface area contributed by atoms with E-state index in [1.807, 2.05) is 0 Å². The van der Waals surface area contributed by atoms with Crippen LogP contribution in [0, 0.1) is 17.8 Å². The summed E-state index contributed by atoms with van der Waals surface area (Å²) in [6.07, 6.45) is 2.55. The fourth-order valence-electron chi connectivity index (χ4n) is 3.58. The van der Waals surface area contributed by atoms with Crippen LogP contribution in [0.2, 0.25) is 0 Å². The molecule has 6 nitrogen and oxygen atoms in total. The molecular weight excluding hydrogens is 304 g/mol. The third kappa shape index (κ3) is 2.83. The first-order valence-electron chi connectivity index (χ1n) is 7.91. The van der Waals surface area contributed by atoms with E-state index in [9.17, 15) is 19.5 Å². The average molecular weight is 326 g/mol. The number of thioether (sulfide) groups is 1. The molecule has 3 fully saturated rings. The molecule has 2 saturated heterocycles. The summed E-state index contributed by atoms with van der Waals surface area (Å²) in [4.78, 5) is 39.5. The number of rotatable bonds is 4. The molecule has 0 bridgehead atoms. The highest BCUT2D eigenvalue weighted by Crippen LogP contribution is 2.44. The Balaban J connectivity index is 1.69. The third-order valence-corrected chi connectivity index (χ3v) is 6.02. The van der Waals surface area contributed by atoms with E-state index in [0.717, 1.165) is 12.8 Å². The van der Waals surface area contributed by atoms with E-state index in [4.69, 9.17) is 0 Å². The van der Waals surface area contributed by atoms with Gasteiger partial charge in [-0.15, -0.1) is 11.8 Å². The maximum atomic E-state index is 12.8. The summed E-state index contributed by atoms with van der Waals surface area (Å²) in [6, 6.07) is -0.412. The van der Waals surface area contributed by atoms with Crippen molar-refractivity contribution in [3.8, 4) is 0 Å². The first-order chi connectivity index (χ1) is 10.5. The Bertz CT molecular complexity index is 494. The second kappa shape index (κ2) is 6.10. The van der Waals surface area contributed by atoms with Gasteiger partial charge in [0.2, 0.25) is 11.8 Å². The lowest BCUT2D eigenvalue weighted by Gasteiger charge is -2.27. The van der Waals surface area contributed by atoms with Crippen molar-refractivity contribution in [3.63, 3.8) is 0 Å². The summed E-state index contributed by atoms with van der Waals surface area (Å²) in [7, 11) is 0. The molecule has 122 valence electrons. The van der Waals surface area contributed by atoms with Gasteiger partial charge in [0.05, 0.1) is 11.8 Å². The minimum atomic E-state index is -0.797. The Morgan fingerprint density at radius 3 is 2.55 bits per heavy atom. The Morgan fingerprint density at radius 2 is 1.95 bits per heavy atom. The predicted octanol–water partition coefficient (Wildman–Crippen LogP) is 0.867. The monoisotopic (exact) mass is 326 g/mol. The van der Waals surface area contributed by atoms with E-state index >= 15 is 0 Å². The molecule has 2 aliphatic heterocycles. The standard InChI is InChI=1S/C15H22N2O4S/c1-2-13(18)17-8-22-7-12(17)14(19)16-5-10(9-3-4-9)11(6-16)15(20)21/h9-12H,2-8H2,1H3,(H,20,21)/t10-,11+,12?/m1/s1. The van der Waals surface area contributed by atoms with Gasteiger partial charge in [-0.25, -0.2) is 0 Å². The Kier molecular flexibility index (Phi) is 4.34. The molecule has 0 aromatic rings. The molecule has 3 aliphatic rings. The van der Waals surface area contributed by atoms with Crippen molar-refractivity contribution in [2.75, 3.05) is 24.7 Å². The summed E-state index contributed by atoms with van der Waals surface area (Å²) in [5, 5.41) is 9.40. The minimum absolute atomic E-state index is 0.00363. The van der Waals surface area contributed by atoms with E-state index in [-0.39, 0.29) is 17.7 Å². The number of likely N-dealkylation sites (tertiary alicyclic amines) is 1. The molecule has 1 N–H and O–H groups in total. The summed E-state index contributed by atoms with van der Waals surface area (Å²) in [5.41, 5.74) is 0. The van der Waals surface area contributed by atoms with Gasteiger partial charge < -0.3 is 14.9 Å². The zero-order valence-corrected chi connectivity index (χ0v) is 13.6. The molecule has 0 aromatic heterocycles. The smallest absolute Gasteiger partial charge is 0.308 e. The topological polar surface area (TPSA) is 77.9 Å². The van der Waals surface area contributed by atoms with Crippen molar-refractivity contribution in [1.29, 1.82) is 0 Å². The number of carbonyl (C=O) groups excluding carboxylic acids is 2. The lowest BCUT2D eigenvalue weighted by molar-refractivity contribution is -0.144. The molecule has 0 radical (unpaired) electrons. The zero-order valence-electron chi connectivity index (χ0n) is 12.7. The second-order valence-corrected chi connectivity index (χ2v) is 7.42. The van der Waals surface area contributed by atoms with Crippen LogP contribution in [-0.4, -0.2) is 63.5 Å². The number of amides is 2. The molecule has 2 heterocycles. The van der Waals surface area contributed by atoms with Crippen LogP contribution in [0.3, 0.4) is 0 Å². The molecule has 1 unspecified atom stereocenters. The normalized spacial score (nSPS) is 31.6. The number of nitrogens with zero attached hydrogens (tertiary/aromatic N) is 2. The lowest BCUT2D eigenvalue weighted by atomic mass is 9.92. The highest BCUT2D eigenvalue weighted by Gasteiger charge is 2.48. The fraction of sp³-hybridized carbons (Fsp3) is 0.800. The second-order valence-electron chi connectivity index (χ2n) is 6.42. The van der Waals surface area contributed by atoms with Gasteiger partial charge in [-0.3, -0.25) is 14.4 Å². The van der Waals surface area contributed by atoms with Crippen LogP contribution < -0.4 is 0 Å². The average Bonchev–Trinajstić information content (AvgIpc) is 3.06. The van der Waals surface area contributed by atoms with Crippen LogP contribution in [0.25, 0.3) is 0 Å². The largest absolute Gasteiger partial charge is 0.481 e. The van der Waals surface area contributed by atoms with Gasteiger partial charge in [0.25, 0.3) is 0 Å². The molecule has 2 amide bonds. The van der Waals surface area contributed by atoms with E-state index < -0.39 is 17.9 Å². The molecule has 1 saturated carbocycles. The van der Waals surface area contributed by atoms with Gasteiger partial charge in [0, 0.05) is 25.3 Å². The van der Waals surface area contributed by atoms with Crippen LogP contribution in [0.1, 0.15) is 26.2 Å². The molecule has 7 heteroatoms. The lowest BCUT2D eigenvalue weighted by Crippen LogP contribution is -2.48. The van der Waals surface area contributed by atoms with Crippen LogP contribution in [0.15, 0.2) is 0 Å². The summed E-state index contributed by atoms with van der Waals surface area (Å²) in [6.45, 7) is 2.63. The van der Waals surface area contributed by atoms with Crippen molar-refractivity contribution in [1.82, 2.24) is 9.80 Å². The Hall–Kier alpha value is -1.24. The maximum Gasteiger partial charge on any atom is 0.308 e. The highest BCUT2D eigenvalue weighted by molar-refractivity contribution is 7.99. The van der Waals surface area contributed by atoms with Crippen molar-refractivity contribution in [2.45, 2.75) is 32.2 Å².